The predicted molar refractivity (Wildman–Crippen MR) is 52.0 cm³/mol. The predicted octanol–water partition coefficient (Wildman–Crippen LogP) is 1.36. The smallest absolute Gasteiger partial charge is 0.410 e. The molecule has 0 aromatic carbocycles. The molecule has 1 saturated heterocycles. The molecular formula is C10H15NO3. The Labute approximate surface area is 83.5 Å². The summed E-state index contributed by atoms with van der Waals surface area (Å²) < 4.78 is 4.89. The molecule has 0 radical (unpaired) electrons. The van der Waals surface area contributed by atoms with Gasteiger partial charge in [-0.1, -0.05) is 12.7 Å². The highest BCUT2D eigenvalue weighted by atomic mass is 16.6. The number of amides is 1. The van der Waals surface area contributed by atoms with Crippen molar-refractivity contribution in [3.63, 3.8) is 0 Å². The molecule has 1 rings (SSSR count). The molecule has 0 N–H and O–H groups in total. The first-order valence-corrected chi connectivity index (χ1v) is 4.71. The molecule has 0 aromatic heterocycles. The summed E-state index contributed by atoms with van der Waals surface area (Å²) in [6.07, 6.45) is 2.04. The lowest BCUT2D eigenvalue weighted by Crippen LogP contribution is -2.45. The van der Waals surface area contributed by atoms with Crippen LogP contribution >= 0.6 is 0 Å². The number of piperidine rings is 1. The van der Waals surface area contributed by atoms with E-state index in [-0.39, 0.29) is 24.5 Å². The zero-order valence-corrected chi connectivity index (χ0v) is 8.36. The van der Waals surface area contributed by atoms with E-state index in [2.05, 4.69) is 6.58 Å². The number of carbonyl (C=O) groups excluding carboxylic acids is 2. The van der Waals surface area contributed by atoms with E-state index in [0.717, 1.165) is 0 Å². The molecule has 0 saturated carbocycles. The van der Waals surface area contributed by atoms with Gasteiger partial charge in [0, 0.05) is 25.4 Å². The van der Waals surface area contributed by atoms with Crippen LogP contribution in [0.2, 0.25) is 0 Å². The number of Topliss-reactive ketones (excluding diaryl/α,β-unsaturated/α-hetero) is 1. The third-order valence-corrected chi connectivity index (χ3v) is 2.25. The van der Waals surface area contributed by atoms with Crippen LogP contribution in [0.3, 0.4) is 0 Å². The molecule has 0 bridgehead atoms. The summed E-state index contributed by atoms with van der Waals surface area (Å²) in [7, 11) is 0. The van der Waals surface area contributed by atoms with Gasteiger partial charge in [-0.25, -0.2) is 4.79 Å². The first-order chi connectivity index (χ1) is 6.65. The van der Waals surface area contributed by atoms with Gasteiger partial charge in [0.25, 0.3) is 0 Å². The van der Waals surface area contributed by atoms with Gasteiger partial charge >= 0.3 is 6.09 Å². The van der Waals surface area contributed by atoms with Crippen LogP contribution in [0.4, 0.5) is 4.79 Å². The molecule has 1 aliphatic heterocycles. The summed E-state index contributed by atoms with van der Waals surface area (Å²) in [5.74, 6) is 0.213. The van der Waals surface area contributed by atoms with E-state index in [9.17, 15) is 9.59 Å². The van der Waals surface area contributed by atoms with E-state index < -0.39 is 0 Å². The van der Waals surface area contributed by atoms with Crippen LogP contribution in [-0.2, 0) is 9.53 Å². The minimum atomic E-state index is -0.357. The quantitative estimate of drug-likeness (QED) is 0.628. The van der Waals surface area contributed by atoms with Crippen LogP contribution in [-0.4, -0.2) is 36.0 Å². The van der Waals surface area contributed by atoms with E-state index in [4.69, 9.17) is 4.74 Å². The van der Waals surface area contributed by atoms with Gasteiger partial charge in [-0.3, -0.25) is 4.79 Å². The Bertz CT molecular complexity index is 250. The van der Waals surface area contributed by atoms with E-state index in [1.54, 1.807) is 4.90 Å². The van der Waals surface area contributed by atoms with Crippen LogP contribution < -0.4 is 0 Å². The van der Waals surface area contributed by atoms with Gasteiger partial charge in [0.2, 0.25) is 0 Å². The van der Waals surface area contributed by atoms with Crippen molar-refractivity contribution in [3.8, 4) is 0 Å². The fraction of sp³-hybridized carbons (Fsp3) is 0.600. The number of hydrogen-bond donors (Lipinski definition) is 0. The monoisotopic (exact) mass is 197 g/mol. The molecule has 78 valence electrons. The molecule has 0 aromatic rings. The van der Waals surface area contributed by atoms with Crippen LogP contribution in [0.15, 0.2) is 12.7 Å². The average molecular weight is 197 g/mol. The molecule has 0 spiro atoms. The fourth-order valence-corrected chi connectivity index (χ4v) is 1.49. The van der Waals surface area contributed by atoms with Crippen molar-refractivity contribution in [2.24, 2.45) is 0 Å². The molecule has 1 amide bonds. The molecule has 0 aliphatic carbocycles. The van der Waals surface area contributed by atoms with Crippen molar-refractivity contribution >= 4 is 11.9 Å². The summed E-state index contributed by atoms with van der Waals surface area (Å²) in [6, 6.07) is -0.0476. The molecule has 1 fully saturated rings. The molecule has 4 nitrogen and oxygen atoms in total. The summed E-state index contributed by atoms with van der Waals surface area (Å²) in [5.41, 5.74) is 0. The number of likely N-dealkylation sites (tertiary alicyclic amines) is 1. The number of carbonyl (C=O) groups is 2. The van der Waals surface area contributed by atoms with Crippen molar-refractivity contribution in [2.45, 2.75) is 25.8 Å². The normalized spacial score (nSPS) is 21.9. The highest BCUT2D eigenvalue weighted by Gasteiger charge is 2.27. The Hall–Kier alpha value is -1.32. The third-order valence-electron chi connectivity index (χ3n) is 2.25. The Kier molecular flexibility index (Phi) is 3.68. The van der Waals surface area contributed by atoms with Gasteiger partial charge in [0.15, 0.2) is 0 Å². The number of ketones is 1. The standard InChI is InChI=1S/C10H15NO3/c1-3-6-14-10(13)11-5-4-9(12)7-8(11)2/h3,8H,1,4-7H2,2H3/t8-/m1/s1. The molecule has 4 heteroatoms. The van der Waals surface area contributed by atoms with Crippen LogP contribution in [0.1, 0.15) is 19.8 Å². The zero-order valence-electron chi connectivity index (χ0n) is 8.36. The Morgan fingerprint density at radius 3 is 3.07 bits per heavy atom. The van der Waals surface area contributed by atoms with Crippen molar-refractivity contribution in [3.05, 3.63) is 12.7 Å². The van der Waals surface area contributed by atoms with E-state index in [1.807, 2.05) is 6.92 Å². The summed E-state index contributed by atoms with van der Waals surface area (Å²) >= 11 is 0. The maximum absolute atomic E-state index is 11.4. The molecule has 1 atom stereocenters. The molecular weight excluding hydrogens is 182 g/mol. The van der Waals surface area contributed by atoms with Gasteiger partial charge in [0.1, 0.15) is 12.4 Å². The van der Waals surface area contributed by atoms with Crippen LogP contribution in [0.25, 0.3) is 0 Å². The maximum Gasteiger partial charge on any atom is 0.410 e. The van der Waals surface area contributed by atoms with Gasteiger partial charge in [-0.15, -0.1) is 0 Å². The SMILES string of the molecule is C=CCOC(=O)N1CCC(=O)C[C@H]1C. The molecule has 0 unspecified atom stereocenters. The molecule has 1 heterocycles. The largest absolute Gasteiger partial charge is 0.445 e. The van der Waals surface area contributed by atoms with E-state index >= 15 is 0 Å². The van der Waals surface area contributed by atoms with E-state index in [0.29, 0.717) is 19.4 Å². The Morgan fingerprint density at radius 1 is 1.79 bits per heavy atom. The van der Waals surface area contributed by atoms with Gasteiger partial charge in [-0.2, -0.15) is 0 Å². The van der Waals surface area contributed by atoms with Crippen LogP contribution in [0, 0.1) is 0 Å². The van der Waals surface area contributed by atoms with Crippen molar-refractivity contribution in [2.75, 3.05) is 13.2 Å². The summed E-state index contributed by atoms with van der Waals surface area (Å²) in [5, 5.41) is 0. The lowest BCUT2D eigenvalue weighted by Gasteiger charge is -2.31. The number of ether oxygens (including phenoxy) is 1. The summed E-state index contributed by atoms with van der Waals surface area (Å²) in [6.45, 7) is 6.00. The fourth-order valence-electron chi connectivity index (χ4n) is 1.49. The maximum atomic E-state index is 11.4. The van der Waals surface area contributed by atoms with Gasteiger partial charge < -0.3 is 9.64 Å². The summed E-state index contributed by atoms with van der Waals surface area (Å²) in [4.78, 5) is 24.1. The van der Waals surface area contributed by atoms with E-state index in [1.165, 1.54) is 6.08 Å². The topological polar surface area (TPSA) is 46.6 Å². The lowest BCUT2D eigenvalue weighted by atomic mass is 10.0. The first kappa shape index (κ1) is 10.8. The number of rotatable bonds is 2. The minimum absolute atomic E-state index is 0.0476. The average Bonchev–Trinajstić information content (AvgIpc) is 2.14. The minimum Gasteiger partial charge on any atom is -0.445 e. The lowest BCUT2D eigenvalue weighted by molar-refractivity contribution is -0.122. The first-order valence-electron chi connectivity index (χ1n) is 4.71. The third kappa shape index (κ3) is 2.58. The van der Waals surface area contributed by atoms with Crippen molar-refractivity contribution in [1.29, 1.82) is 0 Å². The second kappa shape index (κ2) is 4.79. The number of nitrogens with zero attached hydrogens (tertiary/aromatic N) is 1. The van der Waals surface area contributed by atoms with Crippen LogP contribution in [0.5, 0.6) is 0 Å². The highest BCUT2D eigenvalue weighted by Crippen LogP contribution is 2.14. The second-order valence-electron chi connectivity index (χ2n) is 3.40. The Balaban J connectivity index is 2.46. The van der Waals surface area contributed by atoms with Crippen molar-refractivity contribution in [1.82, 2.24) is 4.90 Å². The molecule has 1 aliphatic rings. The molecule has 14 heavy (non-hydrogen) atoms. The number of hydrogen-bond acceptors (Lipinski definition) is 3. The van der Waals surface area contributed by atoms with Gasteiger partial charge in [-0.05, 0) is 6.92 Å². The Morgan fingerprint density at radius 2 is 2.50 bits per heavy atom. The van der Waals surface area contributed by atoms with Gasteiger partial charge in [0.05, 0.1) is 0 Å². The van der Waals surface area contributed by atoms with Crippen molar-refractivity contribution < 1.29 is 14.3 Å². The zero-order chi connectivity index (χ0) is 10.6. The second-order valence-corrected chi connectivity index (χ2v) is 3.40. The highest BCUT2D eigenvalue weighted by molar-refractivity contribution is 5.82.